The summed E-state index contributed by atoms with van der Waals surface area (Å²) in [5, 5.41) is 0.776. The number of rotatable bonds is 6. The molecule has 1 fully saturated rings. The van der Waals surface area contributed by atoms with Crippen LogP contribution in [-0.2, 0) is 10.0 Å². The van der Waals surface area contributed by atoms with Gasteiger partial charge in [0.2, 0.25) is 10.0 Å². The van der Waals surface area contributed by atoms with Crippen molar-refractivity contribution in [2.24, 2.45) is 0 Å². The maximum atomic E-state index is 13.9. The van der Waals surface area contributed by atoms with E-state index >= 15 is 0 Å². The van der Waals surface area contributed by atoms with Gasteiger partial charge in [0.15, 0.2) is 11.5 Å². The van der Waals surface area contributed by atoms with E-state index in [4.69, 9.17) is 14.5 Å². The number of hydrogen-bond acceptors (Lipinski definition) is 7. The highest BCUT2D eigenvalue weighted by atomic mass is 32.2. The molecule has 0 bridgehead atoms. The van der Waals surface area contributed by atoms with Crippen molar-refractivity contribution in [1.82, 2.24) is 19.2 Å². The number of nitrogens with zero attached hydrogens (tertiary/aromatic N) is 4. The van der Waals surface area contributed by atoms with Crippen LogP contribution < -0.4 is 9.47 Å². The third-order valence-electron chi connectivity index (χ3n) is 6.92. The van der Waals surface area contributed by atoms with Crippen LogP contribution in [0.5, 0.6) is 11.5 Å². The molecule has 0 radical (unpaired) electrons. The first kappa shape index (κ1) is 26.6. The van der Waals surface area contributed by atoms with Crippen molar-refractivity contribution in [3.63, 3.8) is 0 Å². The summed E-state index contributed by atoms with van der Waals surface area (Å²) in [6.07, 6.45) is 1.70. The lowest BCUT2D eigenvalue weighted by atomic mass is 10.00. The molecular formula is C29H30N4O5S. The van der Waals surface area contributed by atoms with Gasteiger partial charge in [0.1, 0.15) is 0 Å². The number of aromatic nitrogens is 2. The Morgan fingerprint density at radius 2 is 1.62 bits per heavy atom. The fourth-order valence-electron chi connectivity index (χ4n) is 4.93. The molecule has 2 aromatic carbocycles. The molecule has 0 spiro atoms. The number of methoxy groups -OCH3 is 2. The number of piperazine rings is 1. The van der Waals surface area contributed by atoms with Crippen molar-refractivity contribution < 1.29 is 22.7 Å². The van der Waals surface area contributed by atoms with Crippen molar-refractivity contribution in [2.75, 3.05) is 40.4 Å². The Bertz CT molecular complexity index is 1650. The highest BCUT2D eigenvalue weighted by molar-refractivity contribution is 7.89. The summed E-state index contributed by atoms with van der Waals surface area (Å²) in [5.41, 5.74) is 4.59. The molecule has 1 saturated heterocycles. The Morgan fingerprint density at radius 3 is 2.28 bits per heavy atom. The van der Waals surface area contributed by atoms with E-state index in [1.165, 1.54) is 30.7 Å². The second kappa shape index (κ2) is 10.6. The topological polar surface area (TPSA) is 102 Å². The summed E-state index contributed by atoms with van der Waals surface area (Å²) in [6.45, 7) is 4.85. The average molecular weight is 547 g/mol. The molecule has 39 heavy (non-hydrogen) atoms. The molecule has 1 aliphatic rings. The second-order valence-corrected chi connectivity index (χ2v) is 11.4. The Balaban J connectivity index is 1.43. The summed E-state index contributed by atoms with van der Waals surface area (Å²) < 4.78 is 38.6. The minimum atomic E-state index is -3.78. The second-order valence-electron chi connectivity index (χ2n) is 9.46. The van der Waals surface area contributed by atoms with Crippen molar-refractivity contribution >= 4 is 26.8 Å². The van der Waals surface area contributed by atoms with Crippen LogP contribution in [0.4, 0.5) is 0 Å². The molecule has 0 aliphatic carbocycles. The zero-order valence-corrected chi connectivity index (χ0v) is 23.2. The summed E-state index contributed by atoms with van der Waals surface area (Å²) >= 11 is 0. The Morgan fingerprint density at radius 1 is 0.872 bits per heavy atom. The van der Waals surface area contributed by atoms with E-state index in [-0.39, 0.29) is 37.0 Å². The largest absolute Gasteiger partial charge is 0.493 e. The molecule has 5 rings (SSSR count). The van der Waals surface area contributed by atoms with Gasteiger partial charge in [0, 0.05) is 43.8 Å². The molecule has 0 saturated carbocycles. The van der Waals surface area contributed by atoms with Gasteiger partial charge < -0.3 is 14.4 Å². The molecule has 10 heteroatoms. The summed E-state index contributed by atoms with van der Waals surface area (Å²) in [6, 6.07) is 15.9. The molecule has 0 N–H and O–H groups in total. The zero-order valence-electron chi connectivity index (χ0n) is 22.3. The minimum Gasteiger partial charge on any atom is -0.493 e. The van der Waals surface area contributed by atoms with Crippen LogP contribution in [0.15, 0.2) is 65.7 Å². The van der Waals surface area contributed by atoms with E-state index in [9.17, 15) is 13.2 Å². The molecule has 0 atom stereocenters. The molecule has 2 aromatic heterocycles. The van der Waals surface area contributed by atoms with E-state index in [2.05, 4.69) is 4.98 Å². The lowest BCUT2D eigenvalue weighted by Gasteiger charge is -2.34. The molecule has 9 nitrogen and oxygen atoms in total. The molecule has 3 heterocycles. The standard InChI is InChI=1S/C29H30N4O5S/c1-19-15-20(2)28-22(16-19)23(18-25(31-28)24-7-5-6-10-30-24)29(34)32-11-13-33(14-12-32)39(35,36)21-8-9-26(37-3)27(17-21)38-4/h5-10,15-18H,11-14H2,1-4H3. The van der Waals surface area contributed by atoms with Crippen LogP contribution in [0.3, 0.4) is 0 Å². The number of ether oxygens (including phenoxy) is 2. The number of aryl methyl sites for hydroxylation is 2. The molecule has 1 amide bonds. The van der Waals surface area contributed by atoms with E-state index < -0.39 is 10.0 Å². The monoisotopic (exact) mass is 546 g/mol. The number of hydrogen-bond donors (Lipinski definition) is 0. The van der Waals surface area contributed by atoms with Crippen molar-refractivity contribution in [1.29, 1.82) is 0 Å². The number of carbonyl (C=O) groups is 1. The number of pyridine rings is 2. The van der Waals surface area contributed by atoms with Crippen molar-refractivity contribution in [2.45, 2.75) is 18.7 Å². The smallest absolute Gasteiger partial charge is 0.254 e. The third-order valence-corrected chi connectivity index (χ3v) is 8.82. The lowest BCUT2D eigenvalue weighted by molar-refractivity contribution is 0.0700. The van der Waals surface area contributed by atoms with Crippen molar-refractivity contribution in [3.05, 3.63) is 77.5 Å². The molecule has 0 unspecified atom stereocenters. The Labute approximate surface area is 228 Å². The van der Waals surface area contributed by atoms with Gasteiger partial charge in [-0.25, -0.2) is 13.4 Å². The number of carbonyl (C=O) groups excluding carboxylic acids is 1. The fourth-order valence-corrected chi connectivity index (χ4v) is 6.37. The van der Waals surface area contributed by atoms with Crippen LogP contribution in [0.2, 0.25) is 0 Å². The van der Waals surface area contributed by atoms with Gasteiger partial charge in [-0.1, -0.05) is 17.7 Å². The maximum Gasteiger partial charge on any atom is 0.254 e. The number of amides is 1. The van der Waals surface area contributed by atoms with Crippen molar-refractivity contribution in [3.8, 4) is 22.9 Å². The molecule has 202 valence electrons. The van der Waals surface area contributed by atoms with Gasteiger partial charge in [0.25, 0.3) is 5.91 Å². The summed E-state index contributed by atoms with van der Waals surface area (Å²) in [7, 11) is -0.822. The first-order chi connectivity index (χ1) is 18.7. The lowest BCUT2D eigenvalue weighted by Crippen LogP contribution is -2.50. The van der Waals surface area contributed by atoms with Gasteiger partial charge in [-0.2, -0.15) is 4.31 Å². The molecule has 1 aliphatic heterocycles. The number of sulfonamides is 1. The normalized spacial score (nSPS) is 14.4. The highest BCUT2D eigenvalue weighted by Crippen LogP contribution is 2.32. The van der Waals surface area contributed by atoms with Gasteiger partial charge in [-0.05, 0) is 55.8 Å². The number of benzene rings is 2. The van der Waals surface area contributed by atoms with Crippen LogP contribution in [0, 0.1) is 13.8 Å². The van der Waals surface area contributed by atoms with E-state index in [1.54, 1.807) is 23.2 Å². The van der Waals surface area contributed by atoms with E-state index in [0.29, 0.717) is 28.5 Å². The van der Waals surface area contributed by atoms with Crippen LogP contribution in [-0.4, -0.2) is 73.9 Å². The predicted octanol–water partition coefficient (Wildman–Crippen LogP) is 4.08. The van der Waals surface area contributed by atoms with Gasteiger partial charge in [-0.15, -0.1) is 0 Å². The third kappa shape index (κ3) is 5.05. The van der Waals surface area contributed by atoms with Crippen LogP contribution in [0.1, 0.15) is 21.5 Å². The summed E-state index contributed by atoms with van der Waals surface area (Å²) in [4.78, 5) is 25.0. The van der Waals surface area contributed by atoms with E-state index in [1.807, 2.05) is 44.2 Å². The number of fused-ring (bicyclic) bond motifs is 1. The molecule has 4 aromatic rings. The van der Waals surface area contributed by atoms with Gasteiger partial charge in [0.05, 0.1) is 41.6 Å². The van der Waals surface area contributed by atoms with Crippen LogP contribution in [0.25, 0.3) is 22.3 Å². The maximum absolute atomic E-state index is 13.9. The van der Waals surface area contributed by atoms with Crippen LogP contribution >= 0.6 is 0 Å². The predicted molar refractivity (Wildman–Crippen MR) is 149 cm³/mol. The summed E-state index contributed by atoms with van der Waals surface area (Å²) in [5.74, 6) is 0.631. The van der Waals surface area contributed by atoms with Gasteiger partial charge in [-0.3, -0.25) is 9.78 Å². The highest BCUT2D eigenvalue weighted by Gasteiger charge is 2.32. The first-order valence-electron chi connectivity index (χ1n) is 12.6. The fraction of sp³-hybridized carbons (Fsp3) is 0.276. The Hall–Kier alpha value is -4.02. The van der Waals surface area contributed by atoms with Gasteiger partial charge >= 0.3 is 0 Å². The SMILES string of the molecule is COc1ccc(S(=O)(=O)N2CCN(C(=O)c3cc(-c4ccccn4)nc4c(C)cc(C)cc34)CC2)cc1OC. The minimum absolute atomic E-state index is 0.117. The Kier molecular flexibility index (Phi) is 7.24. The average Bonchev–Trinajstić information content (AvgIpc) is 2.96. The zero-order chi connectivity index (χ0) is 27.7. The molecular weight excluding hydrogens is 516 g/mol. The quantitative estimate of drug-likeness (QED) is 0.359. The first-order valence-corrected chi connectivity index (χ1v) is 14.0. The van der Waals surface area contributed by atoms with E-state index in [0.717, 1.165) is 22.0 Å².